The predicted molar refractivity (Wildman–Crippen MR) is 83.1 cm³/mol. The Morgan fingerprint density at radius 1 is 1.20 bits per heavy atom. The second-order valence-electron chi connectivity index (χ2n) is 4.93. The summed E-state index contributed by atoms with van der Waals surface area (Å²) in [4.78, 5) is 1.20. The van der Waals surface area contributed by atoms with E-state index in [1.807, 2.05) is 31.4 Å². The van der Waals surface area contributed by atoms with E-state index < -0.39 is 10.0 Å². The van der Waals surface area contributed by atoms with E-state index in [2.05, 4.69) is 4.72 Å². The topological polar surface area (TPSA) is 72.2 Å². The molecule has 0 spiro atoms. The molecule has 3 N–H and O–H groups in total. The maximum absolute atomic E-state index is 12.4. The van der Waals surface area contributed by atoms with Crippen molar-refractivity contribution in [3.05, 3.63) is 46.7 Å². The Bertz CT molecular complexity index is 664. The van der Waals surface area contributed by atoms with E-state index in [4.69, 9.17) is 5.73 Å². The van der Waals surface area contributed by atoms with Gasteiger partial charge in [0.2, 0.25) is 10.0 Å². The molecule has 0 saturated heterocycles. The molecule has 1 aromatic carbocycles. The maximum Gasteiger partial charge on any atom is 0.241 e. The van der Waals surface area contributed by atoms with E-state index >= 15 is 0 Å². The lowest BCUT2D eigenvalue weighted by Crippen LogP contribution is -2.31. The van der Waals surface area contributed by atoms with Gasteiger partial charge in [0.25, 0.3) is 0 Å². The third kappa shape index (κ3) is 3.39. The number of hydrogen-bond acceptors (Lipinski definition) is 4. The highest BCUT2D eigenvalue weighted by Gasteiger charge is 2.24. The highest BCUT2D eigenvalue weighted by Crippen LogP contribution is 2.28. The Morgan fingerprint density at radius 3 is 2.50 bits per heavy atom. The molecular formula is C14H18N2O2S2. The van der Waals surface area contributed by atoms with Crippen LogP contribution in [0.15, 0.2) is 46.7 Å². The van der Waals surface area contributed by atoms with Crippen LogP contribution in [0.4, 0.5) is 5.69 Å². The molecule has 0 bridgehead atoms. The van der Waals surface area contributed by atoms with Crippen LogP contribution >= 0.6 is 11.3 Å². The van der Waals surface area contributed by atoms with Crippen LogP contribution in [0.1, 0.15) is 24.8 Å². The SMILES string of the molecule is CC(C)C(NS(=O)(=O)c1cccc(N)c1)c1cccs1. The van der Waals surface area contributed by atoms with Crippen molar-refractivity contribution in [2.75, 3.05) is 5.73 Å². The Balaban J connectivity index is 2.31. The van der Waals surface area contributed by atoms with Gasteiger partial charge in [0.1, 0.15) is 0 Å². The number of anilines is 1. The van der Waals surface area contributed by atoms with Crippen molar-refractivity contribution >= 4 is 27.0 Å². The van der Waals surface area contributed by atoms with Crippen molar-refractivity contribution in [2.45, 2.75) is 24.8 Å². The molecule has 2 aromatic rings. The van der Waals surface area contributed by atoms with E-state index in [0.717, 1.165) is 4.88 Å². The lowest BCUT2D eigenvalue weighted by Gasteiger charge is -2.21. The number of nitrogen functional groups attached to an aromatic ring is 1. The van der Waals surface area contributed by atoms with Gasteiger partial charge in [0, 0.05) is 10.6 Å². The van der Waals surface area contributed by atoms with Crippen molar-refractivity contribution in [3.8, 4) is 0 Å². The lowest BCUT2D eigenvalue weighted by molar-refractivity contribution is 0.469. The normalized spacial score (nSPS) is 13.6. The third-order valence-electron chi connectivity index (χ3n) is 2.97. The van der Waals surface area contributed by atoms with Crippen LogP contribution in [0.25, 0.3) is 0 Å². The van der Waals surface area contributed by atoms with Crippen LogP contribution in [-0.4, -0.2) is 8.42 Å². The maximum atomic E-state index is 12.4. The summed E-state index contributed by atoms with van der Waals surface area (Å²) in [6.07, 6.45) is 0. The number of thiophene rings is 1. The molecule has 1 unspecified atom stereocenters. The average molecular weight is 310 g/mol. The minimum Gasteiger partial charge on any atom is -0.399 e. The number of rotatable bonds is 5. The molecule has 0 aliphatic carbocycles. The van der Waals surface area contributed by atoms with Crippen molar-refractivity contribution in [1.82, 2.24) is 4.72 Å². The van der Waals surface area contributed by atoms with Gasteiger partial charge in [-0.2, -0.15) is 0 Å². The fourth-order valence-electron chi connectivity index (χ4n) is 1.91. The highest BCUT2D eigenvalue weighted by molar-refractivity contribution is 7.89. The number of benzene rings is 1. The van der Waals surface area contributed by atoms with Crippen molar-refractivity contribution < 1.29 is 8.42 Å². The Morgan fingerprint density at radius 2 is 1.95 bits per heavy atom. The van der Waals surface area contributed by atoms with Crippen molar-refractivity contribution in [3.63, 3.8) is 0 Å². The molecule has 0 amide bonds. The number of hydrogen-bond donors (Lipinski definition) is 2. The molecule has 6 heteroatoms. The molecular weight excluding hydrogens is 292 g/mol. The summed E-state index contributed by atoms with van der Waals surface area (Å²) in [5.74, 6) is 0.157. The first-order valence-corrected chi connectivity index (χ1v) is 8.67. The van der Waals surface area contributed by atoms with Crippen LogP contribution in [0.5, 0.6) is 0 Å². The summed E-state index contributed by atoms with van der Waals surface area (Å²) in [5, 5.41) is 1.94. The van der Waals surface area contributed by atoms with Gasteiger partial charge in [-0.3, -0.25) is 0 Å². The zero-order valence-corrected chi connectivity index (χ0v) is 13.0. The van der Waals surface area contributed by atoms with Gasteiger partial charge in [-0.25, -0.2) is 13.1 Å². The van der Waals surface area contributed by atoms with Gasteiger partial charge < -0.3 is 5.73 Å². The number of nitrogens with two attached hydrogens (primary N) is 1. The van der Waals surface area contributed by atoms with E-state index in [1.165, 1.54) is 6.07 Å². The van der Waals surface area contributed by atoms with E-state index in [-0.39, 0.29) is 16.9 Å². The van der Waals surface area contributed by atoms with Crippen LogP contribution in [0.3, 0.4) is 0 Å². The van der Waals surface area contributed by atoms with Gasteiger partial charge in [-0.1, -0.05) is 26.0 Å². The lowest BCUT2D eigenvalue weighted by atomic mass is 10.0. The fourth-order valence-corrected chi connectivity index (χ4v) is 4.35. The molecule has 0 aliphatic heterocycles. The van der Waals surface area contributed by atoms with Gasteiger partial charge in [0.15, 0.2) is 0 Å². The van der Waals surface area contributed by atoms with E-state index in [9.17, 15) is 8.42 Å². The zero-order valence-electron chi connectivity index (χ0n) is 11.4. The molecule has 108 valence electrons. The Kier molecular flexibility index (Phi) is 4.47. The highest BCUT2D eigenvalue weighted by atomic mass is 32.2. The Hall–Kier alpha value is -1.37. The quantitative estimate of drug-likeness (QED) is 0.834. The van der Waals surface area contributed by atoms with Gasteiger partial charge >= 0.3 is 0 Å². The molecule has 20 heavy (non-hydrogen) atoms. The minimum absolute atomic E-state index is 0.157. The summed E-state index contributed by atoms with van der Waals surface area (Å²) >= 11 is 1.55. The first-order valence-electron chi connectivity index (χ1n) is 6.31. The summed E-state index contributed by atoms with van der Waals surface area (Å²) < 4.78 is 27.6. The molecule has 2 rings (SSSR count). The largest absolute Gasteiger partial charge is 0.399 e. The molecule has 0 radical (unpaired) electrons. The van der Waals surface area contributed by atoms with Crippen LogP contribution in [-0.2, 0) is 10.0 Å². The second kappa shape index (κ2) is 5.95. The third-order valence-corrected chi connectivity index (χ3v) is 5.36. The minimum atomic E-state index is -3.58. The fraction of sp³-hybridized carbons (Fsp3) is 0.286. The molecule has 1 aromatic heterocycles. The van der Waals surface area contributed by atoms with Crippen LogP contribution < -0.4 is 10.5 Å². The number of sulfonamides is 1. The monoisotopic (exact) mass is 310 g/mol. The zero-order chi connectivity index (χ0) is 14.8. The van der Waals surface area contributed by atoms with Gasteiger partial charge in [-0.15, -0.1) is 11.3 Å². The Labute approximate surface area is 123 Å². The van der Waals surface area contributed by atoms with E-state index in [0.29, 0.717) is 5.69 Å². The first kappa shape index (κ1) is 15.0. The molecule has 1 heterocycles. The van der Waals surface area contributed by atoms with Crippen LogP contribution in [0, 0.1) is 5.92 Å². The standard InChI is InChI=1S/C14H18N2O2S2/c1-10(2)14(13-7-4-8-19-13)16-20(17,18)12-6-3-5-11(15)9-12/h3-10,14,16H,15H2,1-2H3. The summed E-state index contributed by atoms with van der Waals surface area (Å²) in [6, 6.07) is 9.94. The second-order valence-corrected chi connectivity index (χ2v) is 7.62. The van der Waals surface area contributed by atoms with Crippen molar-refractivity contribution in [1.29, 1.82) is 0 Å². The molecule has 0 aliphatic rings. The number of nitrogens with one attached hydrogen (secondary N) is 1. The van der Waals surface area contributed by atoms with Crippen LogP contribution in [0.2, 0.25) is 0 Å². The summed E-state index contributed by atoms with van der Waals surface area (Å²) in [7, 11) is -3.58. The summed E-state index contributed by atoms with van der Waals surface area (Å²) in [6.45, 7) is 3.98. The van der Waals surface area contributed by atoms with Gasteiger partial charge in [-0.05, 0) is 35.6 Å². The van der Waals surface area contributed by atoms with Gasteiger partial charge in [0.05, 0.1) is 10.9 Å². The average Bonchev–Trinajstić information content (AvgIpc) is 2.89. The first-order chi connectivity index (χ1) is 9.40. The summed E-state index contributed by atoms with van der Waals surface area (Å²) in [5.41, 5.74) is 6.09. The molecule has 4 nitrogen and oxygen atoms in total. The molecule has 1 atom stereocenters. The predicted octanol–water partition coefficient (Wildman–Crippen LogP) is 3.01. The smallest absolute Gasteiger partial charge is 0.241 e. The van der Waals surface area contributed by atoms with E-state index in [1.54, 1.807) is 29.5 Å². The molecule has 0 fully saturated rings. The molecule has 0 saturated carbocycles. The van der Waals surface area contributed by atoms with Crippen molar-refractivity contribution in [2.24, 2.45) is 5.92 Å².